The SMILES string of the molecule is CC(C)c1nccn1[C@@H](C)C(=O)N(C)Cc1cc(C(C)(C)C)n[nH]1. The van der Waals surface area contributed by atoms with Crippen LogP contribution in [0.2, 0.25) is 0 Å². The summed E-state index contributed by atoms with van der Waals surface area (Å²) in [6.07, 6.45) is 3.63. The van der Waals surface area contributed by atoms with Gasteiger partial charge in [0.05, 0.1) is 17.9 Å². The van der Waals surface area contributed by atoms with Gasteiger partial charge < -0.3 is 9.47 Å². The van der Waals surface area contributed by atoms with E-state index in [9.17, 15) is 4.79 Å². The van der Waals surface area contributed by atoms with E-state index in [1.807, 2.05) is 30.8 Å². The highest BCUT2D eigenvalue weighted by molar-refractivity contribution is 5.79. The second kappa shape index (κ2) is 6.79. The summed E-state index contributed by atoms with van der Waals surface area (Å²) < 4.78 is 1.96. The second-order valence-corrected chi connectivity index (χ2v) is 7.75. The minimum absolute atomic E-state index is 0.00635. The molecule has 132 valence electrons. The summed E-state index contributed by atoms with van der Waals surface area (Å²) in [6, 6.07) is 1.76. The zero-order chi connectivity index (χ0) is 18.1. The minimum atomic E-state index is -0.278. The Bertz CT molecular complexity index is 692. The van der Waals surface area contributed by atoms with E-state index in [2.05, 4.69) is 49.8 Å². The van der Waals surface area contributed by atoms with Crippen molar-refractivity contribution in [2.75, 3.05) is 7.05 Å². The zero-order valence-corrected chi connectivity index (χ0v) is 15.8. The molecule has 2 rings (SSSR count). The lowest BCUT2D eigenvalue weighted by molar-refractivity contribution is -0.133. The molecule has 0 aromatic carbocycles. The summed E-state index contributed by atoms with van der Waals surface area (Å²) in [5.41, 5.74) is 1.94. The number of rotatable bonds is 5. The zero-order valence-electron chi connectivity index (χ0n) is 15.8. The van der Waals surface area contributed by atoms with Crippen LogP contribution in [-0.2, 0) is 16.8 Å². The average Bonchev–Trinajstić information content (AvgIpc) is 3.13. The van der Waals surface area contributed by atoms with Crippen molar-refractivity contribution < 1.29 is 4.79 Å². The van der Waals surface area contributed by atoms with Crippen LogP contribution in [0.1, 0.15) is 70.7 Å². The Morgan fingerprint density at radius 3 is 2.54 bits per heavy atom. The van der Waals surface area contributed by atoms with E-state index in [0.29, 0.717) is 6.54 Å². The number of nitrogens with zero attached hydrogens (tertiary/aromatic N) is 4. The maximum absolute atomic E-state index is 12.8. The Balaban J connectivity index is 2.09. The van der Waals surface area contributed by atoms with E-state index in [-0.39, 0.29) is 23.3 Å². The van der Waals surface area contributed by atoms with Gasteiger partial charge in [0.15, 0.2) is 0 Å². The molecular formula is C18H29N5O. The van der Waals surface area contributed by atoms with Crippen LogP contribution >= 0.6 is 0 Å². The molecule has 24 heavy (non-hydrogen) atoms. The largest absolute Gasteiger partial charge is 0.338 e. The van der Waals surface area contributed by atoms with Crippen LogP contribution in [0.3, 0.4) is 0 Å². The van der Waals surface area contributed by atoms with E-state index in [0.717, 1.165) is 17.2 Å². The summed E-state index contributed by atoms with van der Waals surface area (Å²) in [6.45, 7) is 13.0. The quantitative estimate of drug-likeness (QED) is 0.914. The van der Waals surface area contributed by atoms with Crippen LogP contribution in [-0.4, -0.2) is 37.6 Å². The van der Waals surface area contributed by atoms with Crippen molar-refractivity contribution in [2.24, 2.45) is 0 Å². The van der Waals surface area contributed by atoms with Gasteiger partial charge in [-0.3, -0.25) is 9.89 Å². The van der Waals surface area contributed by atoms with Crippen molar-refractivity contribution in [1.29, 1.82) is 0 Å². The first kappa shape index (κ1) is 18.2. The highest BCUT2D eigenvalue weighted by Crippen LogP contribution is 2.22. The molecule has 0 radical (unpaired) electrons. The Kier molecular flexibility index (Phi) is 5.16. The Morgan fingerprint density at radius 1 is 1.33 bits per heavy atom. The molecule has 2 aromatic rings. The molecule has 0 aliphatic carbocycles. The molecule has 1 atom stereocenters. The number of carbonyl (C=O) groups is 1. The molecule has 0 aliphatic heterocycles. The van der Waals surface area contributed by atoms with Gasteiger partial charge in [-0.15, -0.1) is 0 Å². The number of likely N-dealkylation sites (N-methyl/N-ethyl adjacent to an activating group) is 1. The number of imidazole rings is 1. The van der Waals surface area contributed by atoms with E-state index in [1.165, 1.54) is 0 Å². The van der Waals surface area contributed by atoms with Crippen LogP contribution in [0.15, 0.2) is 18.5 Å². The van der Waals surface area contributed by atoms with Gasteiger partial charge >= 0.3 is 0 Å². The summed E-state index contributed by atoms with van der Waals surface area (Å²) >= 11 is 0. The first-order valence-corrected chi connectivity index (χ1v) is 8.43. The van der Waals surface area contributed by atoms with Gasteiger partial charge in [-0.25, -0.2) is 4.98 Å². The normalized spacial score (nSPS) is 13.3. The molecule has 1 amide bonds. The molecule has 1 N–H and O–H groups in total. The van der Waals surface area contributed by atoms with Gasteiger partial charge in [0.25, 0.3) is 0 Å². The maximum Gasteiger partial charge on any atom is 0.245 e. The molecule has 0 fully saturated rings. The second-order valence-electron chi connectivity index (χ2n) is 7.75. The van der Waals surface area contributed by atoms with Crippen LogP contribution in [0.4, 0.5) is 0 Å². The third-order valence-electron chi connectivity index (χ3n) is 4.17. The van der Waals surface area contributed by atoms with Crippen LogP contribution in [0.5, 0.6) is 0 Å². The van der Waals surface area contributed by atoms with Crippen molar-refractivity contribution in [3.63, 3.8) is 0 Å². The number of nitrogens with one attached hydrogen (secondary N) is 1. The van der Waals surface area contributed by atoms with E-state index >= 15 is 0 Å². The van der Waals surface area contributed by atoms with Gasteiger partial charge in [-0.2, -0.15) is 5.10 Å². The van der Waals surface area contributed by atoms with Crippen molar-refractivity contribution in [3.8, 4) is 0 Å². The third kappa shape index (κ3) is 3.86. The Labute approximate surface area is 144 Å². The maximum atomic E-state index is 12.8. The predicted molar refractivity (Wildman–Crippen MR) is 94.8 cm³/mol. The van der Waals surface area contributed by atoms with Crippen LogP contribution in [0, 0.1) is 0 Å². The summed E-state index contributed by atoms with van der Waals surface area (Å²) in [5.74, 6) is 1.27. The predicted octanol–water partition coefficient (Wildman–Crippen LogP) is 3.25. The molecular weight excluding hydrogens is 302 g/mol. The van der Waals surface area contributed by atoms with Crippen molar-refractivity contribution in [2.45, 2.75) is 65.5 Å². The van der Waals surface area contributed by atoms with Gasteiger partial charge in [-0.05, 0) is 13.0 Å². The molecule has 0 spiro atoms. The molecule has 0 saturated carbocycles. The number of amides is 1. The fourth-order valence-corrected chi connectivity index (χ4v) is 2.70. The minimum Gasteiger partial charge on any atom is -0.338 e. The fraction of sp³-hybridized carbons (Fsp3) is 0.611. The Hall–Kier alpha value is -2.11. The average molecular weight is 331 g/mol. The number of carbonyl (C=O) groups excluding carboxylic acids is 1. The summed E-state index contributed by atoms with van der Waals surface area (Å²) in [4.78, 5) is 18.9. The molecule has 2 heterocycles. The first-order valence-electron chi connectivity index (χ1n) is 8.43. The van der Waals surface area contributed by atoms with Crippen LogP contribution < -0.4 is 0 Å². The highest BCUT2D eigenvalue weighted by Gasteiger charge is 2.23. The van der Waals surface area contributed by atoms with E-state index in [4.69, 9.17) is 0 Å². The van der Waals surface area contributed by atoms with Gasteiger partial charge in [-0.1, -0.05) is 34.6 Å². The lowest BCUT2D eigenvalue weighted by atomic mass is 9.92. The number of H-pyrrole nitrogens is 1. The van der Waals surface area contributed by atoms with Crippen molar-refractivity contribution in [3.05, 3.63) is 35.7 Å². The van der Waals surface area contributed by atoms with Gasteiger partial charge in [0.2, 0.25) is 5.91 Å². The molecule has 6 nitrogen and oxygen atoms in total. The summed E-state index contributed by atoms with van der Waals surface area (Å²) in [5, 5.41) is 7.39. The smallest absolute Gasteiger partial charge is 0.245 e. The molecule has 0 bridgehead atoms. The van der Waals surface area contributed by atoms with Crippen LogP contribution in [0.25, 0.3) is 0 Å². The lowest BCUT2D eigenvalue weighted by Crippen LogP contribution is -2.33. The number of aromatic nitrogens is 4. The van der Waals surface area contributed by atoms with Gasteiger partial charge in [0.1, 0.15) is 11.9 Å². The lowest BCUT2D eigenvalue weighted by Gasteiger charge is -2.23. The van der Waals surface area contributed by atoms with E-state index in [1.54, 1.807) is 11.1 Å². The molecule has 0 saturated heterocycles. The van der Waals surface area contributed by atoms with Gasteiger partial charge in [0, 0.05) is 30.8 Å². The summed E-state index contributed by atoms with van der Waals surface area (Å²) in [7, 11) is 1.82. The monoisotopic (exact) mass is 331 g/mol. The topological polar surface area (TPSA) is 66.8 Å². The van der Waals surface area contributed by atoms with Crippen molar-refractivity contribution >= 4 is 5.91 Å². The number of hydrogen-bond donors (Lipinski definition) is 1. The van der Waals surface area contributed by atoms with E-state index < -0.39 is 0 Å². The molecule has 6 heteroatoms. The molecule has 0 unspecified atom stereocenters. The number of hydrogen-bond acceptors (Lipinski definition) is 3. The standard InChI is InChI=1S/C18H29N5O/c1-12(2)16-19-8-9-23(16)13(3)17(24)22(7)11-14-10-15(21-20-14)18(4,5)6/h8-10,12-13H,11H2,1-7H3,(H,20,21)/t13-/m0/s1. The first-order chi connectivity index (χ1) is 11.1. The van der Waals surface area contributed by atoms with Crippen molar-refractivity contribution in [1.82, 2.24) is 24.6 Å². The molecule has 2 aromatic heterocycles. The fourth-order valence-electron chi connectivity index (χ4n) is 2.70. The number of aromatic amines is 1. The Morgan fingerprint density at radius 2 is 2.00 bits per heavy atom. The highest BCUT2D eigenvalue weighted by atomic mass is 16.2. The third-order valence-corrected chi connectivity index (χ3v) is 4.17. The molecule has 0 aliphatic rings.